The van der Waals surface area contributed by atoms with E-state index in [1.807, 2.05) is 34.6 Å². The second kappa shape index (κ2) is 16.0. The fourth-order valence-corrected chi connectivity index (χ4v) is 10.7. The quantitative estimate of drug-likeness (QED) is 0.165. The summed E-state index contributed by atoms with van der Waals surface area (Å²) >= 11 is 1.41. The van der Waals surface area contributed by atoms with Crippen molar-refractivity contribution in [1.29, 1.82) is 0 Å². The molecule has 15 heteroatoms. The summed E-state index contributed by atoms with van der Waals surface area (Å²) in [4.78, 5) is 70.9. The zero-order valence-corrected chi connectivity index (χ0v) is 32.8. The molecule has 4 aliphatic rings. The summed E-state index contributed by atoms with van der Waals surface area (Å²) in [5.41, 5.74) is -1.57. The largest absolute Gasteiger partial charge is 0.346 e. The number of carbonyl (C=O) groups is 5. The van der Waals surface area contributed by atoms with Crippen molar-refractivity contribution >= 4 is 50.9 Å². The lowest BCUT2D eigenvalue weighted by Gasteiger charge is -2.41. The number of carbonyl (C=O) groups excluding carboxylic acids is 5. The van der Waals surface area contributed by atoms with Gasteiger partial charge in [-0.15, -0.1) is 17.9 Å². The van der Waals surface area contributed by atoms with Gasteiger partial charge in [-0.3, -0.25) is 19.2 Å². The summed E-state index contributed by atoms with van der Waals surface area (Å²) < 4.78 is 28.2. The number of hydrogen-bond acceptors (Lipinski definition) is 8. The molecule has 2 saturated carbocycles. The van der Waals surface area contributed by atoms with E-state index in [2.05, 4.69) is 27.8 Å². The minimum atomic E-state index is -3.67. The highest BCUT2D eigenvalue weighted by Crippen LogP contribution is 2.39. The van der Waals surface area contributed by atoms with Crippen LogP contribution in [0.3, 0.4) is 0 Å². The summed E-state index contributed by atoms with van der Waals surface area (Å²) in [6, 6.07) is -1.87. The summed E-state index contributed by atoms with van der Waals surface area (Å²) in [6.45, 7) is 14.0. The van der Waals surface area contributed by atoms with Crippen LogP contribution >= 0.6 is 11.3 Å². The Balaban J connectivity index is 1.33. The topological polar surface area (TPSA) is 174 Å². The van der Waals surface area contributed by atoms with Crippen LogP contribution in [0, 0.1) is 23.2 Å². The molecule has 4 atom stereocenters. The van der Waals surface area contributed by atoms with Crippen molar-refractivity contribution in [3.63, 3.8) is 0 Å². The molecule has 0 aromatic carbocycles. The number of sulfonamides is 1. The molecule has 0 bridgehead atoms. The van der Waals surface area contributed by atoms with E-state index in [4.69, 9.17) is 0 Å². The first-order valence-electron chi connectivity index (χ1n) is 18.6. The van der Waals surface area contributed by atoms with E-state index in [1.165, 1.54) is 26.6 Å². The standard InChI is InChI=1S/C37H56N6O7S2/c1-7-16-38-33(46)30(44)26(18-24-11-12-24)39-32(45)27-19-25(23(2)3)20-43(27)34(47)31(36(4,5)6)40-35(48)41-37(14-9-8-10-15-37)22-42-21-28-29(13-17-51-28)52(42,49)50/h7,13,17,23-27,31H,1,8-12,14-16,18-22H2,2-6H3,(H,38,46)(H,39,45)(H2,40,41,48)/t25-,26?,27+,31-/m1/s1. The highest BCUT2D eigenvalue weighted by atomic mass is 32.2. The van der Waals surface area contributed by atoms with Crippen LogP contribution in [0.15, 0.2) is 29.0 Å². The number of nitrogens with one attached hydrogen (secondary N) is 4. The number of amides is 5. The first-order valence-corrected chi connectivity index (χ1v) is 21.0. The van der Waals surface area contributed by atoms with Crippen LogP contribution in [0.1, 0.15) is 97.3 Å². The predicted molar refractivity (Wildman–Crippen MR) is 199 cm³/mol. The smallest absolute Gasteiger partial charge is 0.315 e. The molecule has 5 amide bonds. The molecule has 3 heterocycles. The number of nitrogens with zero attached hydrogens (tertiary/aromatic N) is 2. The van der Waals surface area contributed by atoms with Crippen LogP contribution in [0.4, 0.5) is 4.79 Å². The zero-order chi connectivity index (χ0) is 38.0. The Morgan fingerprint density at radius 3 is 2.37 bits per heavy atom. The van der Waals surface area contributed by atoms with Crippen LogP contribution in [0.25, 0.3) is 0 Å². The molecular weight excluding hydrogens is 705 g/mol. The molecule has 1 aromatic rings. The summed E-state index contributed by atoms with van der Waals surface area (Å²) in [5, 5.41) is 13.2. The van der Waals surface area contributed by atoms with Gasteiger partial charge in [-0.05, 0) is 60.3 Å². The molecule has 0 radical (unpaired) electrons. The van der Waals surface area contributed by atoms with Gasteiger partial charge in [0.2, 0.25) is 27.6 Å². The minimum absolute atomic E-state index is 0.00113. The lowest BCUT2D eigenvalue weighted by atomic mass is 9.81. The average Bonchev–Trinajstić information content (AvgIpc) is 3.47. The number of Topliss-reactive ketones (excluding diaryl/α,β-unsaturated/α-hetero) is 1. The number of likely N-dealkylation sites (tertiary alicyclic amines) is 1. The van der Waals surface area contributed by atoms with Gasteiger partial charge in [0, 0.05) is 31.1 Å². The second-order valence-corrected chi connectivity index (χ2v) is 19.5. The van der Waals surface area contributed by atoms with Crippen LogP contribution in [0.5, 0.6) is 0 Å². The average molecular weight is 761 g/mol. The Bertz CT molecular complexity index is 1640. The maximum atomic E-state index is 14.6. The van der Waals surface area contributed by atoms with E-state index in [9.17, 15) is 32.4 Å². The third-order valence-corrected chi connectivity index (χ3v) is 14.0. The second-order valence-electron chi connectivity index (χ2n) is 16.6. The van der Waals surface area contributed by atoms with Crippen molar-refractivity contribution in [1.82, 2.24) is 30.5 Å². The van der Waals surface area contributed by atoms with Gasteiger partial charge < -0.3 is 26.2 Å². The van der Waals surface area contributed by atoms with E-state index in [1.54, 1.807) is 11.4 Å². The number of ketones is 1. The summed E-state index contributed by atoms with van der Waals surface area (Å²) in [6.07, 6.45) is 7.89. The van der Waals surface area contributed by atoms with Gasteiger partial charge >= 0.3 is 6.03 Å². The monoisotopic (exact) mass is 760 g/mol. The van der Waals surface area contributed by atoms with E-state index < -0.39 is 68.6 Å². The molecule has 2 aliphatic carbocycles. The van der Waals surface area contributed by atoms with Gasteiger partial charge in [0.25, 0.3) is 5.91 Å². The zero-order valence-electron chi connectivity index (χ0n) is 31.2. The lowest BCUT2D eigenvalue weighted by molar-refractivity contribution is -0.143. The Morgan fingerprint density at radius 1 is 1.08 bits per heavy atom. The predicted octanol–water partition coefficient (Wildman–Crippen LogP) is 3.70. The highest BCUT2D eigenvalue weighted by molar-refractivity contribution is 7.89. The number of urea groups is 1. The molecular formula is C37H56N6O7S2. The Labute approximate surface area is 312 Å². The summed E-state index contributed by atoms with van der Waals surface area (Å²) in [5.74, 6) is -2.03. The molecule has 2 aliphatic heterocycles. The van der Waals surface area contributed by atoms with Gasteiger partial charge in [-0.25, -0.2) is 13.2 Å². The van der Waals surface area contributed by atoms with Gasteiger partial charge in [-0.1, -0.05) is 72.8 Å². The molecule has 3 fully saturated rings. The van der Waals surface area contributed by atoms with Crippen molar-refractivity contribution in [2.24, 2.45) is 23.2 Å². The van der Waals surface area contributed by atoms with Gasteiger partial charge in [0.1, 0.15) is 12.1 Å². The first kappa shape index (κ1) is 39.9. The molecule has 0 spiro atoms. The van der Waals surface area contributed by atoms with Crippen molar-refractivity contribution in [3.8, 4) is 0 Å². The molecule has 1 aromatic heterocycles. The third-order valence-electron chi connectivity index (χ3n) is 11.1. The van der Waals surface area contributed by atoms with E-state index in [0.29, 0.717) is 37.1 Å². The Hall–Kier alpha value is -3.30. The molecule has 1 unspecified atom stereocenters. The van der Waals surface area contributed by atoms with E-state index >= 15 is 0 Å². The molecule has 1 saturated heterocycles. The SMILES string of the molecule is C=CCNC(=O)C(=O)C(CC1CC1)NC(=O)[C@@H]1C[C@@H](C(C)C)CN1C(=O)[C@@H](NC(=O)NC1(CN2Cc3sccc3S2(=O)=O)CCCCC1)C(C)(C)C. The van der Waals surface area contributed by atoms with Crippen LogP contribution < -0.4 is 21.3 Å². The van der Waals surface area contributed by atoms with E-state index in [-0.39, 0.29) is 37.4 Å². The van der Waals surface area contributed by atoms with Gasteiger partial charge in [0.15, 0.2) is 0 Å². The molecule has 4 N–H and O–H groups in total. The molecule has 13 nitrogen and oxygen atoms in total. The van der Waals surface area contributed by atoms with E-state index in [0.717, 1.165) is 37.0 Å². The van der Waals surface area contributed by atoms with Crippen molar-refractivity contribution in [3.05, 3.63) is 29.0 Å². The normalized spacial score (nSPS) is 23.7. The number of thiophene rings is 1. The molecule has 52 heavy (non-hydrogen) atoms. The van der Waals surface area contributed by atoms with Crippen molar-refractivity contribution < 1.29 is 32.4 Å². The number of rotatable bonds is 14. The van der Waals surface area contributed by atoms with Crippen molar-refractivity contribution in [2.75, 3.05) is 19.6 Å². The number of fused-ring (bicyclic) bond motifs is 1. The molecule has 5 rings (SSSR count). The first-order chi connectivity index (χ1) is 24.5. The Kier molecular flexibility index (Phi) is 12.3. The maximum absolute atomic E-state index is 14.6. The fourth-order valence-electron chi connectivity index (χ4n) is 7.75. The highest BCUT2D eigenvalue weighted by Gasteiger charge is 2.48. The Morgan fingerprint density at radius 2 is 1.77 bits per heavy atom. The van der Waals surface area contributed by atoms with Crippen molar-refractivity contribution in [2.45, 2.75) is 128 Å². The fraction of sp³-hybridized carbons (Fsp3) is 0.703. The maximum Gasteiger partial charge on any atom is 0.315 e. The summed E-state index contributed by atoms with van der Waals surface area (Å²) in [7, 11) is -3.67. The van der Waals surface area contributed by atoms with Gasteiger partial charge in [0.05, 0.1) is 16.5 Å². The molecule has 288 valence electrons. The minimum Gasteiger partial charge on any atom is -0.346 e. The third kappa shape index (κ3) is 9.07. The van der Waals surface area contributed by atoms with Crippen LogP contribution in [-0.4, -0.2) is 90.5 Å². The number of hydrogen-bond donors (Lipinski definition) is 4. The lowest BCUT2D eigenvalue weighted by Crippen LogP contribution is -2.63. The van der Waals surface area contributed by atoms with Crippen LogP contribution in [0.2, 0.25) is 0 Å². The van der Waals surface area contributed by atoms with Gasteiger partial charge in [-0.2, -0.15) is 4.31 Å². The van der Waals surface area contributed by atoms with Crippen LogP contribution in [-0.2, 0) is 35.7 Å².